The van der Waals surface area contributed by atoms with E-state index in [-0.39, 0.29) is 12.2 Å². The molecule has 1 aromatic carbocycles. The number of benzene rings is 1. The second kappa shape index (κ2) is 9.14. The smallest absolute Gasteiger partial charge is 0.277 e. The number of aliphatic hydroxyl groups is 2. The van der Waals surface area contributed by atoms with Gasteiger partial charge in [-0.15, -0.1) is 0 Å². The lowest BCUT2D eigenvalue weighted by Crippen LogP contribution is -2.30. The van der Waals surface area contributed by atoms with Crippen molar-refractivity contribution in [1.82, 2.24) is 10.5 Å². The molecule has 0 aliphatic carbocycles. The van der Waals surface area contributed by atoms with E-state index in [0.717, 1.165) is 3.57 Å². The van der Waals surface area contributed by atoms with Crippen LogP contribution in [0.25, 0.3) is 0 Å². The Kier molecular flexibility index (Phi) is 7.18. The Hall–Kier alpha value is -1.46. The lowest BCUT2D eigenvalue weighted by molar-refractivity contribution is -0.0295. The van der Waals surface area contributed by atoms with Crippen LogP contribution in [0.15, 0.2) is 36.7 Å². The van der Waals surface area contributed by atoms with Crippen molar-refractivity contribution in [3.8, 4) is 0 Å². The number of anilines is 2. The van der Waals surface area contributed by atoms with Gasteiger partial charge >= 0.3 is 0 Å². The molecule has 2 rings (SSSR count). The Morgan fingerprint density at radius 2 is 2.17 bits per heavy atom. The zero-order valence-electron chi connectivity index (χ0n) is 12.4. The van der Waals surface area contributed by atoms with Crippen molar-refractivity contribution < 1.29 is 19.8 Å². The molecular formula is C15H15ClIN3O4. The van der Waals surface area contributed by atoms with Crippen LogP contribution in [-0.4, -0.2) is 40.4 Å². The number of aliphatic hydroxyl groups excluding tert-OH is 2. The maximum absolute atomic E-state index is 12.2. The highest BCUT2D eigenvalue weighted by molar-refractivity contribution is 14.1. The number of amides is 1. The number of carbonyl (C=O) groups is 1. The number of nitrogens with zero attached hydrogens (tertiary/aromatic N) is 1. The number of halogens is 2. The van der Waals surface area contributed by atoms with Gasteiger partial charge in [0.1, 0.15) is 12.7 Å². The highest BCUT2D eigenvalue weighted by Crippen LogP contribution is 2.28. The first-order valence-corrected chi connectivity index (χ1v) is 8.34. The van der Waals surface area contributed by atoms with Gasteiger partial charge in [0, 0.05) is 9.77 Å². The molecule has 0 spiro atoms. The van der Waals surface area contributed by atoms with Crippen LogP contribution in [0.3, 0.4) is 0 Å². The van der Waals surface area contributed by atoms with E-state index >= 15 is 0 Å². The third-order valence-corrected chi connectivity index (χ3v) is 3.90. The van der Waals surface area contributed by atoms with Crippen LogP contribution >= 0.6 is 34.2 Å². The largest absolute Gasteiger partial charge is 0.394 e. The van der Waals surface area contributed by atoms with Crippen molar-refractivity contribution in [3.05, 3.63) is 50.8 Å². The van der Waals surface area contributed by atoms with Gasteiger partial charge in [-0.05, 0) is 46.9 Å². The third kappa shape index (κ3) is 5.28. The maximum Gasteiger partial charge on any atom is 0.277 e. The first-order valence-electron chi connectivity index (χ1n) is 6.88. The molecule has 4 N–H and O–H groups in total. The molecule has 0 fully saturated rings. The molecule has 0 bridgehead atoms. The summed E-state index contributed by atoms with van der Waals surface area (Å²) < 4.78 is 0.989. The molecule has 1 atom stereocenters. The summed E-state index contributed by atoms with van der Waals surface area (Å²) in [5.74, 6) is -0.522. The molecule has 1 heterocycles. The standard InChI is InChI=1S/C15H15ClIN3O4/c16-12-5-9(17)1-2-13(12)19-14-6-18-4-3-11(14)15(23)20-24-8-10(22)7-21/h1-6,10,19,21-22H,7-8H2,(H,20,23)/t10-/m0/s1. The van der Waals surface area contributed by atoms with Gasteiger partial charge in [0.15, 0.2) is 0 Å². The van der Waals surface area contributed by atoms with E-state index in [1.807, 2.05) is 6.07 Å². The fourth-order valence-corrected chi connectivity index (χ4v) is 2.64. The fourth-order valence-electron chi connectivity index (χ4n) is 1.74. The second-order valence-electron chi connectivity index (χ2n) is 4.75. The van der Waals surface area contributed by atoms with Gasteiger partial charge in [-0.25, -0.2) is 5.48 Å². The van der Waals surface area contributed by atoms with Crippen molar-refractivity contribution in [1.29, 1.82) is 0 Å². The summed E-state index contributed by atoms with van der Waals surface area (Å²) in [4.78, 5) is 21.0. The minimum atomic E-state index is -1.06. The second-order valence-corrected chi connectivity index (χ2v) is 6.40. The molecule has 0 unspecified atom stereocenters. The van der Waals surface area contributed by atoms with E-state index in [9.17, 15) is 9.90 Å². The predicted molar refractivity (Wildman–Crippen MR) is 98.2 cm³/mol. The fraction of sp³-hybridized carbons (Fsp3) is 0.200. The quantitative estimate of drug-likeness (QED) is 0.370. The van der Waals surface area contributed by atoms with E-state index in [1.165, 1.54) is 18.5 Å². The van der Waals surface area contributed by atoms with Gasteiger partial charge in [-0.3, -0.25) is 14.6 Å². The van der Waals surface area contributed by atoms with Crippen molar-refractivity contribution in [2.24, 2.45) is 0 Å². The molecule has 7 nitrogen and oxygen atoms in total. The number of hydrogen-bond donors (Lipinski definition) is 4. The van der Waals surface area contributed by atoms with E-state index < -0.39 is 18.6 Å². The molecule has 0 aliphatic rings. The Morgan fingerprint density at radius 3 is 2.88 bits per heavy atom. The van der Waals surface area contributed by atoms with E-state index in [0.29, 0.717) is 16.4 Å². The number of nitrogens with one attached hydrogen (secondary N) is 2. The van der Waals surface area contributed by atoms with Crippen LogP contribution in [0.4, 0.5) is 11.4 Å². The average molecular weight is 464 g/mol. The number of pyridine rings is 1. The molecular weight excluding hydrogens is 449 g/mol. The average Bonchev–Trinajstić information content (AvgIpc) is 2.57. The molecule has 0 saturated carbocycles. The zero-order chi connectivity index (χ0) is 17.5. The molecule has 9 heteroatoms. The predicted octanol–water partition coefficient (Wildman–Crippen LogP) is 2.10. The number of aromatic nitrogens is 1. The summed E-state index contributed by atoms with van der Waals surface area (Å²) in [7, 11) is 0. The molecule has 24 heavy (non-hydrogen) atoms. The molecule has 2 aromatic rings. The highest BCUT2D eigenvalue weighted by atomic mass is 127. The van der Waals surface area contributed by atoms with Gasteiger partial charge in [0.2, 0.25) is 0 Å². The van der Waals surface area contributed by atoms with E-state index in [1.54, 1.807) is 12.1 Å². The number of carbonyl (C=O) groups excluding carboxylic acids is 1. The van der Waals surface area contributed by atoms with Gasteiger partial charge in [0.25, 0.3) is 5.91 Å². The summed E-state index contributed by atoms with van der Waals surface area (Å²) in [5, 5.41) is 21.4. The van der Waals surface area contributed by atoms with Crippen LogP contribution in [-0.2, 0) is 4.84 Å². The number of hydroxylamine groups is 1. The minimum absolute atomic E-state index is 0.223. The summed E-state index contributed by atoms with van der Waals surface area (Å²) in [6, 6.07) is 6.99. The first kappa shape index (κ1) is 18.9. The first-order chi connectivity index (χ1) is 11.5. The molecule has 1 amide bonds. The minimum Gasteiger partial charge on any atom is -0.394 e. The van der Waals surface area contributed by atoms with Crippen molar-refractivity contribution in [2.45, 2.75) is 6.10 Å². The van der Waals surface area contributed by atoms with Crippen molar-refractivity contribution >= 4 is 51.5 Å². The molecule has 1 aromatic heterocycles. The lowest BCUT2D eigenvalue weighted by Gasteiger charge is -2.13. The Labute approximate surface area is 157 Å². The lowest BCUT2D eigenvalue weighted by atomic mass is 10.2. The Balaban J connectivity index is 2.10. The molecule has 0 radical (unpaired) electrons. The molecule has 0 saturated heterocycles. The van der Waals surface area contributed by atoms with Gasteiger partial charge in [-0.2, -0.15) is 0 Å². The van der Waals surface area contributed by atoms with Crippen molar-refractivity contribution in [3.63, 3.8) is 0 Å². The van der Waals surface area contributed by atoms with E-state index in [4.69, 9.17) is 21.5 Å². The SMILES string of the molecule is O=C(NOC[C@@H](O)CO)c1ccncc1Nc1ccc(I)cc1Cl. The number of hydrogen-bond acceptors (Lipinski definition) is 6. The number of rotatable bonds is 7. The third-order valence-electron chi connectivity index (χ3n) is 2.92. The monoisotopic (exact) mass is 463 g/mol. The van der Waals surface area contributed by atoms with Crippen LogP contribution in [0.2, 0.25) is 5.02 Å². The Morgan fingerprint density at radius 1 is 1.38 bits per heavy atom. The van der Waals surface area contributed by atoms with Crippen LogP contribution in [0.5, 0.6) is 0 Å². The van der Waals surface area contributed by atoms with Crippen LogP contribution in [0, 0.1) is 3.57 Å². The van der Waals surface area contributed by atoms with Gasteiger partial charge in [0.05, 0.1) is 34.8 Å². The van der Waals surface area contributed by atoms with Crippen LogP contribution in [0.1, 0.15) is 10.4 Å². The Bertz CT molecular complexity index is 717. The summed E-state index contributed by atoms with van der Waals surface area (Å²) in [6.45, 7) is -0.678. The zero-order valence-corrected chi connectivity index (χ0v) is 15.3. The summed E-state index contributed by atoms with van der Waals surface area (Å²) in [5.41, 5.74) is 3.58. The maximum atomic E-state index is 12.2. The summed E-state index contributed by atoms with van der Waals surface area (Å²) >= 11 is 8.33. The van der Waals surface area contributed by atoms with Crippen molar-refractivity contribution in [2.75, 3.05) is 18.5 Å². The molecule has 0 aliphatic heterocycles. The van der Waals surface area contributed by atoms with Crippen LogP contribution < -0.4 is 10.8 Å². The van der Waals surface area contributed by atoms with E-state index in [2.05, 4.69) is 38.4 Å². The van der Waals surface area contributed by atoms with Gasteiger partial charge < -0.3 is 15.5 Å². The highest BCUT2D eigenvalue weighted by Gasteiger charge is 2.13. The molecule has 128 valence electrons. The van der Waals surface area contributed by atoms with Gasteiger partial charge in [-0.1, -0.05) is 11.6 Å². The normalized spacial score (nSPS) is 11.8. The summed E-state index contributed by atoms with van der Waals surface area (Å²) in [6.07, 6.45) is 1.90. The topological polar surface area (TPSA) is 104 Å².